The van der Waals surface area contributed by atoms with Crippen molar-refractivity contribution >= 4 is 39.9 Å². The number of hydrogen-bond acceptors (Lipinski definition) is 2. The van der Waals surface area contributed by atoms with Crippen LogP contribution in [0.2, 0.25) is 5.02 Å². The summed E-state index contributed by atoms with van der Waals surface area (Å²) in [6.45, 7) is 1.88. The molecule has 3 rings (SSSR count). The van der Waals surface area contributed by atoms with E-state index < -0.39 is 5.97 Å². The van der Waals surface area contributed by atoms with Crippen LogP contribution in [0.15, 0.2) is 60.7 Å². The lowest BCUT2D eigenvalue weighted by molar-refractivity contribution is -0.137. The van der Waals surface area contributed by atoms with Crippen molar-refractivity contribution in [3.8, 4) is 0 Å². The smallest absolute Gasteiger partial charge is 0.303 e. The predicted octanol–water partition coefficient (Wildman–Crippen LogP) is 5.64. The van der Waals surface area contributed by atoms with Crippen LogP contribution < -0.4 is 5.32 Å². The molecule has 0 radical (unpaired) electrons. The largest absolute Gasteiger partial charge is 0.481 e. The quantitative estimate of drug-likeness (QED) is 0.543. The Labute approximate surface area is 169 Å². The maximum Gasteiger partial charge on any atom is 0.303 e. The molecule has 0 saturated carbocycles. The van der Waals surface area contributed by atoms with Crippen LogP contribution in [0.5, 0.6) is 0 Å². The fourth-order valence-corrected chi connectivity index (χ4v) is 3.50. The first-order valence-corrected chi connectivity index (χ1v) is 9.62. The fourth-order valence-electron chi connectivity index (χ4n) is 3.32. The predicted molar refractivity (Wildman–Crippen MR) is 113 cm³/mol. The number of benzene rings is 3. The molecule has 2 N–H and O–H groups in total. The van der Waals surface area contributed by atoms with Crippen molar-refractivity contribution in [3.63, 3.8) is 0 Å². The number of hydrogen-bond donors (Lipinski definition) is 2. The molecule has 0 bridgehead atoms. The van der Waals surface area contributed by atoms with Gasteiger partial charge in [-0.1, -0.05) is 60.1 Å². The molecule has 28 heavy (non-hydrogen) atoms. The van der Waals surface area contributed by atoms with Gasteiger partial charge in [-0.25, -0.2) is 0 Å². The van der Waals surface area contributed by atoms with Gasteiger partial charge in [0, 0.05) is 17.1 Å². The van der Waals surface area contributed by atoms with Gasteiger partial charge in [-0.15, -0.1) is 0 Å². The summed E-state index contributed by atoms with van der Waals surface area (Å²) in [5, 5.41) is 14.5. The highest BCUT2D eigenvalue weighted by atomic mass is 35.5. The van der Waals surface area contributed by atoms with Crippen LogP contribution in [0, 0.1) is 0 Å². The minimum Gasteiger partial charge on any atom is -0.481 e. The second-order valence-corrected chi connectivity index (χ2v) is 7.26. The van der Waals surface area contributed by atoms with Crippen LogP contribution in [0.4, 0.5) is 5.69 Å². The number of aliphatic carboxylic acids is 1. The van der Waals surface area contributed by atoms with Gasteiger partial charge < -0.3 is 10.4 Å². The molecule has 4 nitrogen and oxygen atoms in total. The van der Waals surface area contributed by atoms with Crippen molar-refractivity contribution in [2.24, 2.45) is 0 Å². The van der Waals surface area contributed by atoms with Gasteiger partial charge in [-0.2, -0.15) is 0 Å². The first-order valence-electron chi connectivity index (χ1n) is 9.24. The van der Waals surface area contributed by atoms with E-state index in [0.29, 0.717) is 23.6 Å². The highest BCUT2D eigenvalue weighted by Gasteiger charge is 2.19. The van der Waals surface area contributed by atoms with E-state index in [1.807, 2.05) is 55.5 Å². The third-order valence-electron chi connectivity index (χ3n) is 4.85. The lowest BCUT2D eigenvalue weighted by Crippen LogP contribution is -2.20. The molecule has 0 saturated heterocycles. The summed E-state index contributed by atoms with van der Waals surface area (Å²) in [5.74, 6) is -1.31. The summed E-state index contributed by atoms with van der Waals surface area (Å²) >= 11 is 6.11. The SMILES string of the molecule is CC(C(=O)Nc1cc(Cl)ccc1CCCC(=O)O)c1cccc2ccccc12. The monoisotopic (exact) mass is 395 g/mol. The average Bonchev–Trinajstić information content (AvgIpc) is 2.68. The maximum atomic E-state index is 13.0. The van der Waals surface area contributed by atoms with Crippen LogP contribution >= 0.6 is 11.6 Å². The van der Waals surface area contributed by atoms with Crippen molar-refractivity contribution in [3.05, 3.63) is 76.8 Å². The number of nitrogens with one attached hydrogen (secondary N) is 1. The van der Waals surface area contributed by atoms with E-state index in [2.05, 4.69) is 5.32 Å². The van der Waals surface area contributed by atoms with E-state index in [1.54, 1.807) is 12.1 Å². The number of carboxylic acids is 1. The van der Waals surface area contributed by atoms with E-state index in [0.717, 1.165) is 21.9 Å². The zero-order valence-corrected chi connectivity index (χ0v) is 16.4. The highest BCUT2D eigenvalue weighted by molar-refractivity contribution is 6.31. The average molecular weight is 396 g/mol. The minimum absolute atomic E-state index is 0.0857. The molecule has 3 aromatic carbocycles. The Morgan fingerprint density at radius 3 is 2.61 bits per heavy atom. The van der Waals surface area contributed by atoms with E-state index in [-0.39, 0.29) is 18.2 Å². The van der Waals surface area contributed by atoms with E-state index in [4.69, 9.17) is 16.7 Å². The molecule has 0 aromatic heterocycles. The topological polar surface area (TPSA) is 66.4 Å². The van der Waals surface area contributed by atoms with Gasteiger partial charge in [-0.3, -0.25) is 9.59 Å². The lowest BCUT2D eigenvalue weighted by atomic mass is 9.94. The molecule has 0 fully saturated rings. The van der Waals surface area contributed by atoms with E-state index in [9.17, 15) is 9.59 Å². The van der Waals surface area contributed by atoms with Crippen molar-refractivity contribution < 1.29 is 14.7 Å². The lowest BCUT2D eigenvalue weighted by Gasteiger charge is -2.17. The van der Waals surface area contributed by atoms with Gasteiger partial charge in [0.25, 0.3) is 0 Å². The van der Waals surface area contributed by atoms with E-state index >= 15 is 0 Å². The molecular weight excluding hydrogens is 374 g/mol. The molecule has 1 amide bonds. The number of aryl methyl sites for hydroxylation is 1. The van der Waals surface area contributed by atoms with Crippen LogP contribution in [-0.4, -0.2) is 17.0 Å². The standard InChI is InChI=1S/C23H22ClNO3/c1-15(19-10-4-7-16-6-2-3-9-20(16)19)23(28)25-21-14-18(24)13-12-17(21)8-5-11-22(26)27/h2-4,6-7,9-10,12-15H,5,8,11H2,1H3,(H,25,28)(H,26,27). The molecule has 0 aliphatic heterocycles. The molecule has 0 spiro atoms. The number of amides is 1. The Kier molecular flexibility index (Phi) is 6.32. The summed E-state index contributed by atoms with van der Waals surface area (Å²) in [6, 6.07) is 19.2. The van der Waals surface area contributed by atoms with Gasteiger partial charge >= 0.3 is 5.97 Å². The molecule has 3 aromatic rings. The molecule has 144 valence electrons. The summed E-state index contributed by atoms with van der Waals surface area (Å²) in [6.07, 6.45) is 1.14. The molecule has 1 unspecified atom stereocenters. The van der Waals surface area contributed by atoms with Gasteiger partial charge in [-0.05, 0) is 53.8 Å². The highest BCUT2D eigenvalue weighted by Crippen LogP contribution is 2.28. The maximum absolute atomic E-state index is 13.0. The van der Waals surface area contributed by atoms with Crippen molar-refractivity contribution in [1.82, 2.24) is 0 Å². The Morgan fingerprint density at radius 1 is 1.07 bits per heavy atom. The van der Waals surface area contributed by atoms with Gasteiger partial charge in [0.1, 0.15) is 0 Å². The Hall–Kier alpha value is -2.85. The number of rotatable bonds is 7. The van der Waals surface area contributed by atoms with Crippen molar-refractivity contribution in [1.29, 1.82) is 0 Å². The molecule has 0 aliphatic rings. The van der Waals surface area contributed by atoms with Gasteiger partial charge in [0.15, 0.2) is 0 Å². The van der Waals surface area contributed by atoms with E-state index in [1.165, 1.54) is 0 Å². The summed E-state index contributed by atoms with van der Waals surface area (Å²) < 4.78 is 0. The number of carbonyl (C=O) groups excluding carboxylic acids is 1. The van der Waals surface area contributed by atoms with Crippen LogP contribution in [0.3, 0.4) is 0 Å². The number of carboxylic acid groups (broad SMARTS) is 1. The molecule has 0 heterocycles. The number of halogens is 1. The van der Waals surface area contributed by atoms with Crippen LogP contribution in [0.25, 0.3) is 10.8 Å². The van der Waals surface area contributed by atoms with Crippen molar-refractivity contribution in [2.45, 2.75) is 32.1 Å². The zero-order chi connectivity index (χ0) is 20.1. The summed E-state index contributed by atoms with van der Waals surface area (Å²) in [7, 11) is 0. The Balaban J connectivity index is 1.82. The van der Waals surface area contributed by atoms with Gasteiger partial charge in [0.2, 0.25) is 5.91 Å². The third-order valence-corrected chi connectivity index (χ3v) is 5.08. The molecule has 1 atom stereocenters. The van der Waals surface area contributed by atoms with Crippen LogP contribution in [0.1, 0.15) is 36.8 Å². The molecule has 0 aliphatic carbocycles. The Morgan fingerprint density at radius 2 is 1.82 bits per heavy atom. The number of fused-ring (bicyclic) bond motifs is 1. The fraction of sp³-hybridized carbons (Fsp3) is 0.217. The number of carbonyl (C=O) groups is 2. The van der Waals surface area contributed by atoms with Crippen LogP contribution in [-0.2, 0) is 16.0 Å². The first-order chi connectivity index (χ1) is 13.5. The van der Waals surface area contributed by atoms with Gasteiger partial charge in [0.05, 0.1) is 5.92 Å². The normalized spacial score (nSPS) is 11.9. The molecule has 5 heteroatoms. The minimum atomic E-state index is -0.830. The third kappa shape index (κ3) is 4.70. The summed E-state index contributed by atoms with van der Waals surface area (Å²) in [5.41, 5.74) is 2.48. The second kappa shape index (κ2) is 8.89. The second-order valence-electron chi connectivity index (χ2n) is 6.83. The Bertz CT molecular complexity index is 1010. The van der Waals surface area contributed by atoms with Crippen molar-refractivity contribution in [2.75, 3.05) is 5.32 Å². The number of anilines is 1. The summed E-state index contributed by atoms with van der Waals surface area (Å²) in [4.78, 5) is 23.7. The first kappa shape index (κ1) is 19.9. The molecular formula is C23H22ClNO3. The zero-order valence-electron chi connectivity index (χ0n) is 15.6.